The Kier molecular flexibility index (Phi) is 2.59. The molecule has 18 heavy (non-hydrogen) atoms. The SMILES string of the molecule is Cc1c(Br)ccc2c1NC(=O)c1ccccc1O2. The molecule has 0 radical (unpaired) electrons. The van der Waals surface area contributed by atoms with Gasteiger partial charge in [-0.3, -0.25) is 4.79 Å². The maximum atomic E-state index is 12.1. The third-order valence-electron chi connectivity index (χ3n) is 2.95. The summed E-state index contributed by atoms with van der Waals surface area (Å²) in [6.07, 6.45) is 0. The van der Waals surface area contributed by atoms with Crippen LogP contribution in [0.2, 0.25) is 0 Å². The van der Waals surface area contributed by atoms with Crippen molar-refractivity contribution in [3.63, 3.8) is 0 Å². The number of benzene rings is 2. The molecule has 2 aromatic carbocycles. The Hall–Kier alpha value is -1.81. The second kappa shape index (κ2) is 4.14. The number of rotatable bonds is 0. The number of fused-ring (bicyclic) bond motifs is 2. The van der Waals surface area contributed by atoms with E-state index in [1.807, 2.05) is 31.2 Å². The van der Waals surface area contributed by atoms with Gasteiger partial charge in [-0.25, -0.2) is 0 Å². The van der Waals surface area contributed by atoms with Crippen molar-refractivity contribution in [2.24, 2.45) is 0 Å². The van der Waals surface area contributed by atoms with Crippen molar-refractivity contribution in [3.8, 4) is 11.5 Å². The van der Waals surface area contributed by atoms with E-state index in [-0.39, 0.29) is 5.91 Å². The third-order valence-corrected chi connectivity index (χ3v) is 3.81. The molecule has 2 aromatic rings. The molecule has 0 saturated heterocycles. The molecule has 1 aliphatic heterocycles. The lowest BCUT2D eigenvalue weighted by Crippen LogP contribution is -2.11. The zero-order valence-corrected chi connectivity index (χ0v) is 11.2. The number of halogens is 1. The number of ether oxygens (including phenoxy) is 1. The summed E-state index contributed by atoms with van der Waals surface area (Å²) in [6, 6.07) is 11.0. The number of carbonyl (C=O) groups excluding carboxylic acids is 1. The minimum atomic E-state index is -0.148. The van der Waals surface area contributed by atoms with Crippen LogP contribution >= 0.6 is 15.9 Å². The largest absolute Gasteiger partial charge is 0.454 e. The van der Waals surface area contributed by atoms with E-state index in [1.165, 1.54) is 0 Å². The molecule has 0 unspecified atom stereocenters. The van der Waals surface area contributed by atoms with Crippen LogP contribution in [0.4, 0.5) is 5.69 Å². The Bertz CT molecular complexity index is 652. The maximum absolute atomic E-state index is 12.1. The molecule has 1 aliphatic rings. The van der Waals surface area contributed by atoms with Gasteiger partial charge in [0, 0.05) is 4.47 Å². The fourth-order valence-corrected chi connectivity index (χ4v) is 2.27. The fourth-order valence-electron chi connectivity index (χ4n) is 1.94. The van der Waals surface area contributed by atoms with Crippen molar-refractivity contribution >= 4 is 27.5 Å². The second-order valence-electron chi connectivity index (χ2n) is 4.10. The monoisotopic (exact) mass is 303 g/mol. The van der Waals surface area contributed by atoms with Gasteiger partial charge >= 0.3 is 0 Å². The summed E-state index contributed by atoms with van der Waals surface area (Å²) in [5.41, 5.74) is 2.21. The van der Waals surface area contributed by atoms with E-state index in [9.17, 15) is 4.79 Å². The average molecular weight is 304 g/mol. The van der Waals surface area contributed by atoms with Crippen molar-refractivity contribution in [1.29, 1.82) is 0 Å². The molecule has 1 heterocycles. The molecular weight excluding hydrogens is 294 g/mol. The third kappa shape index (κ3) is 1.69. The first-order chi connectivity index (χ1) is 8.66. The molecule has 3 nitrogen and oxygen atoms in total. The van der Waals surface area contributed by atoms with Gasteiger partial charge in [-0.05, 0) is 36.8 Å². The molecule has 0 saturated carbocycles. The summed E-state index contributed by atoms with van der Waals surface area (Å²) in [5.74, 6) is 1.09. The highest BCUT2D eigenvalue weighted by molar-refractivity contribution is 9.10. The summed E-state index contributed by atoms with van der Waals surface area (Å²) in [4.78, 5) is 12.1. The van der Waals surface area contributed by atoms with Gasteiger partial charge in [-0.2, -0.15) is 0 Å². The van der Waals surface area contributed by atoms with Gasteiger partial charge < -0.3 is 10.1 Å². The van der Waals surface area contributed by atoms with Gasteiger partial charge in [0.2, 0.25) is 0 Å². The van der Waals surface area contributed by atoms with E-state index in [2.05, 4.69) is 21.2 Å². The number of para-hydroxylation sites is 1. The van der Waals surface area contributed by atoms with Gasteiger partial charge in [0.25, 0.3) is 5.91 Å². The van der Waals surface area contributed by atoms with Crippen LogP contribution in [-0.2, 0) is 0 Å². The van der Waals surface area contributed by atoms with E-state index < -0.39 is 0 Å². The van der Waals surface area contributed by atoms with Crippen LogP contribution in [0.15, 0.2) is 40.9 Å². The van der Waals surface area contributed by atoms with Crippen LogP contribution in [-0.4, -0.2) is 5.91 Å². The smallest absolute Gasteiger partial charge is 0.259 e. The van der Waals surface area contributed by atoms with Gasteiger partial charge in [0.05, 0.1) is 11.3 Å². The van der Waals surface area contributed by atoms with Crippen molar-refractivity contribution < 1.29 is 9.53 Å². The van der Waals surface area contributed by atoms with Crippen LogP contribution < -0.4 is 10.1 Å². The van der Waals surface area contributed by atoms with Gasteiger partial charge in [-0.15, -0.1) is 0 Å². The van der Waals surface area contributed by atoms with Crippen molar-refractivity contribution in [2.75, 3.05) is 5.32 Å². The van der Waals surface area contributed by atoms with Gasteiger partial charge in [-0.1, -0.05) is 28.1 Å². The van der Waals surface area contributed by atoms with Crippen molar-refractivity contribution in [2.45, 2.75) is 6.92 Å². The number of anilines is 1. The highest BCUT2D eigenvalue weighted by Crippen LogP contribution is 2.39. The Balaban J connectivity index is 2.21. The first-order valence-corrected chi connectivity index (χ1v) is 6.33. The zero-order valence-electron chi connectivity index (χ0n) is 9.66. The molecule has 0 bridgehead atoms. The number of nitrogens with one attached hydrogen (secondary N) is 1. The first kappa shape index (κ1) is 11.3. The van der Waals surface area contributed by atoms with Crippen LogP contribution in [0, 0.1) is 6.92 Å². The molecule has 0 aliphatic carbocycles. The molecule has 1 amide bonds. The highest BCUT2D eigenvalue weighted by Gasteiger charge is 2.22. The first-order valence-electron chi connectivity index (χ1n) is 5.54. The Morgan fingerprint density at radius 3 is 2.72 bits per heavy atom. The standard InChI is InChI=1S/C14H10BrNO2/c1-8-10(15)6-7-12-13(8)16-14(17)9-4-2-3-5-11(9)18-12/h2-7H,1H3,(H,16,17). The van der Waals surface area contributed by atoms with Crippen LogP contribution in [0.3, 0.4) is 0 Å². The maximum Gasteiger partial charge on any atom is 0.259 e. The molecule has 0 spiro atoms. The Morgan fingerprint density at radius 2 is 1.89 bits per heavy atom. The minimum absolute atomic E-state index is 0.148. The normalized spacial score (nSPS) is 12.9. The predicted molar refractivity (Wildman–Crippen MR) is 73.3 cm³/mol. The summed E-state index contributed by atoms with van der Waals surface area (Å²) < 4.78 is 6.75. The lowest BCUT2D eigenvalue weighted by atomic mass is 10.1. The zero-order chi connectivity index (χ0) is 12.7. The molecule has 0 atom stereocenters. The van der Waals surface area contributed by atoms with E-state index >= 15 is 0 Å². The molecule has 1 N–H and O–H groups in total. The lowest BCUT2D eigenvalue weighted by Gasteiger charge is -2.11. The van der Waals surface area contributed by atoms with Crippen LogP contribution in [0.5, 0.6) is 11.5 Å². The van der Waals surface area contributed by atoms with E-state index in [4.69, 9.17) is 4.74 Å². The number of hydrogen-bond acceptors (Lipinski definition) is 2. The molecule has 0 aromatic heterocycles. The summed E-state index contributed by atoms with van der Waals surface area (Å²) in [7, 11) is 0. The van der Waals surface area contributed by atoms with E-state index in [0.717, 1.165) is 10.0 Å². The quantitative estimate of drug-likeness (QED) is 0.795. The number of hydrogen-bond donors (Lipinski definition) is 1. The fraction of sp³-hybridized carbons (Fsp3) is 0.0714. The number of amides is 1. The molecule has 0 fully saturated rings. The van der Waals surface area contributed by atoms with Crippen LogP contribution in [0.25, 0.3) is 0 Å². The topological polar surface area (TPSA) is 38.3 Å². The lowest BCUT2D eigenvalue weighted by molar-refractivity contribution is 0.102. The van der Waals surface area contributed by atoms with Crippen LogP contribution in [0.1, 0.15) is 15.9 Å². The molecule has 90 valence electrons. The average Bonchev–Trinajstić information content (AvgIpc) is 2.52. The Morgan fingerprint density at radius 1 is 1.11 bits per heavy atom. The van der Waals surface area contributed by atoms with Gasteiger partial charge in [0.1, 0.15) is 5.75 Å². The predicted octanol–water partition coefficient (Wildman–Crippen LogP) is 4.12. The van der Waals surface area contributed by atoms with E-state index in [0.29, 0.717) is 22.7 Å². The van der Waals surface area contributed by atoms with Crippen molar-refractivity contribution in [1.82, 2.24) is 0 Å². The molecule has 3 rings (SSSR count). The summed E-state index contributed by atoms with van der Waals surface area (Å²) in [5, 5.41) is 2.89. The van der Waals surface area contributed by atoms with E-state index in [1.54, 1.807) is 12.1 Å². The van der Waals surface area contributed by atoms with Gasteiger partial charge in [0.15, 0.2) is 5.75 Å². The molecular formula is C14H10BrNO2. The highest BCUT2D eigenvalue weighted by atomic mass is 79.9. The summed E-state index contributed by atoms with van der Waals surface area (Å²) >= 11 is 3.45. The molecule has 4 heteroatoms. The number of carbonyl (C=O) groups is 1. The Labute approximate surface area is 113 Å². The minimum Gasteiger partial charge on any atom is -0.454 e. The summed E-state index contributed by atoms with van der Waals surface area (Å²) in [6.45, 7) is 1.93. The second-order valence-corrected chi connectivity index (χ2v) is 4.95. The van der Waals surface area contributed by atoms with Crippen molar-refractivity contribution in [3.05, 3.63) is 52.0 Å².